The zero-order valence-corrected chi connectivity index (χ0v) is 14.8. The maximum Gasteiger partial charge on any atom is 0.119 e. The lowest BCUT2D eigenvalue weighted by Gasteiger charge is -2.14. The fourth-order valence-electron chi connectivity index (χ4n) is 2.59. The molecule has 3 aromatic rings. The van der Waals surface area contributed by atoms with E-state index in [4.69, 9.17) is 16.3 Å². The van der Waals surface area contributed by atoms with E-state index < -0.39 is 8.80 Å². The first kappa shape index (κ1) is 15.8. The molecule has 0 fully saturated rings. The molecule has 0 radical (unpaired) electrons. The van der Waals surface area contributed by atoms with E-state index in [1.54, 1.807) is 0 Å². The van der Waals surface area contributed by atoms with Gasteiger partial charge in [0.05, 0.1) is 0 Å². The van der Waals surface area contributed by atoms with Crippen LogP contribution in [0.2, 0.25) is 0 Å². The van der Waals surface area contributed by atoms with Gasteiger partial charge < -0.3 is 4.74 Å². The lowest BCUT2D eigenvalue weighted by molar-refractivity contribution is 0.306. The minimum Gasteiger partial charge on any atom is -0.489 e. The van der Waals surface area contributed by atoms with Crippen molar-refractivity contribution in [1.29, 1.82) is 0 Å². The second-order valence-corrected chi connectivity index (χ2v) is 9.13. The summed E-state index contributed by atoms with van der Waals surface area (Å²) in [5.74, 6) is 0.896. The van der Waals surface area contributed by atoms with Crippen LogP contribution in [-0.2, 0) is 6.61 Å². The minimum absolute atomic E-state index is 0.592. The summed E-state index contributed by atoms with van der Waals surface area (Å²) in [4.78, 5) is 0. The largest absolute Gasteiger partial charge is 0.489 e. The molecule has 3 rings (SSSR count). The average molecular weight is 339 g/mol. The van der Waals surface area contributed by atoms with Gasteiger partial charge >= 0.3 is 0 Å². The topological polar surface area (TPSA) is 9.23 Å². The first-order chi connectivity index (χ1) is 11.4. The van der Waals surface area contributed by atoms with Crippen LogP contribution in [0.3, 0.4) is 0 Å². The van der Waals surface area contributed by atoms with Crippen LogP contribution >= 0.6 is 11.6 Å². The summed E-state index contributed by atoms with van der Waals surface area (Å²) in [6, 6.07) is 29.2. The number of halogens is 1. The Balaban J connectivity index is 1.69. The normalized spacial score (nSPS) is 11.9. The molecule has 3 aromatic carbocycles. The highest BCUT2D eigenvalue weighted by molar-refractivity contribution is 6.89. The molecule has 0 aliphatic carbocycles. The van der Waals surface area contributed by atoms with Crippen molar-refractivity contribution in [2.45, 2.75) is 6.61 Å². The van der Waals surface area contributed by atoms with Crippen LogP contribution in [0.4, 0.5) is 0 Å². The van der Waals surface area contributed by atoms with Gasteiger partial charge in [-0.05, 0) is 17.7 Å². The van der Waals surface area contributed by atoms with Crippen LogP contribution < -0.4 is 15.1 Å². The van der Waals surface area contributed by atoms with Crippen molar-refractivity contribution < 1.29 is 4.74 Å². The Morgan fingerprint density at radius 3 is 1.87 bits per heavy atom. The van der Waals surface area contributed by atoms with Gasteiger partial charge in [-0.3, -0.25) is 0 Å². The third kappa shape index (κ3) is 4.24. The molecule has 0 saturated carbocycles. The molecule has 23 heavy (non-hydrogen) atoms. The number of rotatable bonds is 6. The Hall–Kier alpha value is -2.03. The Bertz CT molecular complexity index is 714. The van der Waals surface area contributed by atoms with Crippen LogP contribution in [0.5, 0.6) is 5.75 Å². The molecule has 1 unspecified atom stereocenters. The number of alkyl halides is 1. The van der Waals surface area contributed by atoms with E-state index in [9.17, 15) is 0 Å². The Labute approximate surface area is 144 Å². The smallest absolute Gasteiger partial charge is 0.119 e. The predicted octanol–water partition coefficient (Wildman–Crippen LogP) is 3.38. The maximum absolute atomic E-state index is 6.25. The summed E-state index contributed by atoms with van der Waals surface area (Å²) in [6.45, 7) is 0.592. The van der Waals surface area contributed by atoms with Gasteiger partial charge in [-0.1, -0.05) is 83.2 Å². The van der Waals surface area contributed by atoms with Gasteiger partial charge in [0.25, 0.3) is 0 Å². The monoisotopic (exact) mass is 338 g/mol. The summed E-state index contributed by atoms with van der Waals surface area (Å²) in [5, 5.41) is 2.72. The zero-order valence-electron chi connectivity index (χ0n) is 12.9. The lowest BCUT2D eigenvalue weighted by atomic mass is 10.2. The Morgan fingerprint density at radius 2 is 1.26 bits per heavy atom. The molecule has 0 bridgehead atoms. The van der Waals surface area contributed by atoms with Crippen molar-refractivity contribution in [2.24, 2.45) is 0 Å². The Kier molecular flexibility index (Phi) is 5.51. The van der Waals surface area contributed by atoms with Crippen molar-refractivity contribution in [2.75, 3.05) is 5.50 Å². The highest BCUT2D eigenvalue weighted by Gasteiger charge is 2.14. The summed E-state index contributed by atoms with van der Waals surface area (Å²) in [6.07, 6.45) is 0. The molecule has 116 valence electrons. The van der Waals surface area contributed by atoms with E-state index in [-0.39, 0.29) is 0 Å². The fraction of sp³-hybridized carbons (Fsp3) is 0.100. The first-order valence-electron chi connectivity index (χ1n) is 7.74. The predicted molar refractivity (Wildman–Crippen MR) is 101 cm³/mol. The van der Waals surface area contributed by atoms with Crippen LogP contribution in [-0.4, -0.2) is 14.3 Å². The third-order valence-corrected chi connectivity index (χ3v) is 7.50. The highest BCUT2D eigenvalue weighted by atomic mass is 35.5. The molecular formula is C20H19ClOSi. The van der Waals surface area contributed by atoms with Crippen molar-refractivity contribution in [1.82, 2.24) is 0 Å². The fourth-order valence-corrected chi connectivity index (χ4v) is 5.75. The lowest BCUT2D eigenvalue weighted by Crippen LogP contribution is -2.44. The molecule has 0 aliphatic rings. The third-order valence-electron chi connectivity index (χ3n) is 3.89. The molecule has 3 heteroatoms. The van der Waals surface area contributed by atoms with Gasteiger partial charge in [-0.25, -0.2) is 0 Å². The summed E-state index contributed by atoms with van der Waals surface area (Å²) < 4.78 is 5.85. The molecule has 0 saturated heterocycles. The van der Waals surface area contributed by atoms with E-state index in [1.165, 1.54) is 15.9 Å². The van der Waals surface area contributed by atoms with Gasteiger partial charge in [-0.2, -0.15) is 0 Å². The van der Waals surface area contributed by atoms with E-state index in [2.05, 4.69) is 48.5 Å². The molecule has 0 amide bonds. The van der Waals surface area contributed by atoms with Crippen LogP contribution in [0.15, 0.2) is 84.9 Å². The zero-order chi connectivity index (χ0) is 15.9. The molecule has 0 heterocycles. The van der Waals surface area contributed by atoms with Gasteiger partial charge in [0.1, 0.15) is 21.2 Å². The summed E-state index contributed by atoms with van der Waals surface area (Å²) in [5.41, 5.74) is 1.88. The Morgan fingerprint density at radius 1 is 0.696 bits per heavy atom. The highest BCUT2D eigenvalue weighted by Crippen LogP contribution is 2.11. The van der Waals surface area contributed by atoms with Crippen molar-refractivity contribution >= 4 is 30.8 Å². The van der Waals surface area contributed by atoms with Gasteiger partial charge in [-0.15, -0.1) is 11.6 Å². The first-order valence-corrected chi connectivity index (χ1v) is 10.2. The van der Waals surface area contributed by atoms with Crippen LogP contribution in [0.25, 0.3) is 0 Å². The van der Waals surface area contributed by atoms with Crippen LogP contribution in [0, 0.1) is 0 Å². The van der Waals surface area contributed by atoms with Crippen molar-refractivity contribution in [3.8, 4) is 5.75 Å². The number of benzene rings is 3. The molecule has 1 nitrogen and oxygen atoms in total. The maximum atomic E-state index is 6.25. The molecular weight excluding hydrogens is 320 g/mol. The summed E-state index contributed by atoms with van der Waals surface area (Å²) >= 11 is 6.25. The average Bonchev–Trinajstić information content (AvgIpc) is 2.63. The van der Waals surface area contributed by atoms with Gasteiger partial charge in [0.2, 0.25) is 0 Å². The summed E-state index contributed by atoms with van der Waals surface area (Å²) in [7, 11) is -1.32. The van der Waals surface area contributed by atoms with E-state index in [0.29, 0.717) is 12.1 Å². The second kappa shape index (κ2) is 8.00. The van der Waals surface area contributed by atoms with E-state index in [0.717, 1.165) is 5.75 Å². The van der Waals surface area contributed by atoms with E-state index in [1.807, 2.05) is 36.4 Å². The van der Waals surface area contributed by atoms with Gasteiger partial charge in [0.15, 0.2) is 0 Å². The van der Waals surface area contributed by atoms with Crippen molar-refractivity contribution in [3.05, 3.63) is 90.5 Å². The quantitative estimate of drug-likeness (QED) is 0.494. The molecule has 0 aliphatic heterocycles. The number of hydrogen-bond donors (Lipinski definition) is 0. The SMILES string of the molecule is ClC[SiH](c1ccccc1)c1ccc(OCc2ccccc2)cc1. The van der Waals surface area contributed by atoms with E-state index >= 15 is 0 Å². The number of hydrogen-bond acceptors (Lipinski definition) is 1. The van der Waals surface area contributed by atoms with Crippen LogP contribution in [0.1, 0.15) is 5.56 Å². The molecule has 0 aromatic heterocycles. The number of ether oxygens (including phenoxy) is 1. The molecule has 1 atom stereocenters. The van der Waals surface area contributed by atoms with Gasteiger partial charge in [0, 0.05) is 5.50 Å². The van der Waals surface area contributed by atoms with Crippen molar-refractivity contribution in [3.63, 3.8) is 0 Å². The molecule has 0 spiro atoms. The standard InChI is InChI=1S/C20H19ClOSi/c21-16-23(19-9-5-2-6-10-19)20-13-11-18(12-14-20)22-15-17-7-3-1-4-8-17/h1-14,23H,15-16H2. The second-order valence-electron chi connectivity index (χ2n) is 5.46. The minimum atomic E-state index is -1.32. The molecule has 0 N–H and O–H groups in total.